The van der Waals surface area contributed by atoms with Crippen LogP contribution in [0, 0.1) is 13.8 Å². The number of aromatic nitrogens is 5. The van der Waals surface area contributed by atoms with Crippen molar-refractivity contribution in [1.29, 1.82) is 0 Å². The van der Waals surface area contributed by atoms with E-state index in [4.69, 9.17) is 0 Å². The van der Waals surface area contributed by atoms with E-state index in [0.717, 1.165) is 46.2 Å². The van der Waals surface area contributed by atoms with E-state index in [9.17, 15) is 4.79 Å². The third-order valence-corrected chi connectivity index (χ3v) is 6.98. The lowest BCUT2D eigenvalue weighted by atomic mass is 9.99. The summed E-state index contributed by atoms with van der Waals surface area (Å²) in [6.07, 6.45) is 0.913. The Kier molecular flexibility index (Phi) is 5.17. The maximum Gasteiger partial charge on any atom is 0.254 e. The summed E-state index contributed by atoms with van der Waals surface area (Å²) >= 11 is 0. The van der Waals surface area contributed by atoms with Gasteiger partial charge in [0.2, 0.25) is 0 Å². The average molecular weight is 463 g/mol. The molecule has 0 saturated carbocycles. The molecule has 0 saturated heterocycles. The van der Waals surface area contributed by atoms with Crippen molar-refractivity contribution in [2.24, 2.45) is 0 Å². The zero-order valence-electron chi connectivity index (χ0n) is 19.8. The van der Waals surface area contributed by atoms with E-state index >= 15 is 0 Å². The molecule has 0 bridgehead atoms. The molecule has 1 N–H and O–H groups in total. The van der Waals surface area contributed by atoms with Crippen molar-refractivity contribution in [2.75, 3.05) is 11.4 Å². The van der Waals surface area contributed by atoms with Crippen molar-refractivity contribution in [2.45, 2.75) is 32.9 Å². The number of rotatable bonds is 5. The van der Waals surface area contributed by atoms with Crippen molar-refractivity contribution in [3.05, 3.63) is 117 Å². The summed E-state index contributed by atoms with van der Waals surface area (Å²) in [4.78, 5) is 19.0. The van der Waals surface area contributed by atoms with Gasteiger partial charge in [0, 0.05) is 23.2 Å². The lowest BCUT2D eigenvalue weighted by Crippen LogP contribution is -2.34. The van der Waals surface area contributed by atoms with Gasteiger partial charge in [-0.15, -0.1) is 5.10 Å². The van der Waals surface area contributed by atoms with Crippen molar-refractivity contribution >= 4 is 16.6 Å². The minimum atomic E-state index is -0.426. The summed E-state index contributed by atoms with van der Waals surface area (Å²) < 4.78 is 1.81. The van der Waals surface area contributed by atoms with Crippen molar-refractivity contribution < 1.29 is 0 Å². The third kappa shape index (κ3) is 3.69. The van der Waals surface area contributed by atoms with E-state index in [1.165, 1.54) is 5.56 Å². The molecule has 3 aromatic carbocycles. The molecule has 0 unspecified atom stereocenters. The molecular weight excluding hydrogens is 436 g/mol. The molecule has 1 atom stereocenters. The lowest BCUT2D eigenvalue weighted by molar-refractivity contribution is 0.577. The first-order valence-electron chi connectivity index (χ1n) is 11.9. The second-order valence-corrected chi connectivity index (χ2v) is 9.20. The first kappa shape index (κ1) is 21.3. The van der Waals surface area contributed by atoms with E-state index in [2.05, 4.69) is 68.7 Å². The Morgan fingerprint density at radius 3 is 2.60 bits per heavy atom. The maximum atomic E-state index is 13.6. The lowest BCUT2D eigenvalue weighted by Gasteiger charge is -2.29. The number of nitrogens with zero attached hydrogens (tertiary/aromatic N) is 5. The molecule has 35 heavy (non-hydrogen) atoms. The van der Waals surface area contributed by atoms with Crippen LogP contribution in [-0.2, 0) is 13.0 Å². The summed E-state index contributed by atoms with van der Waals surface area (Å²) in [5.74, 6) is 0.653. The van der Waals surface area contributed by atoms with E-state index in [1.807, 2.05) is 48.0 Å². The van der Waals surface area contributed by atoms with Crippen LogP contribution in [0.1, 0.15) is 39.7 Å². The molecule has 174 valence electrons. The highest BCUT2D eigenvalue weighted by molar-refractivity contribution is 5.85. The van der Waals surface area contributed by atoms with Gasteiger partial charge in [-0.25, -0.2) is 4.68 Å². The Bertz CT molecular complexity index is 1590. The maximum absolute atomic E-state index is 13.6. The Balaban J connectivity index is 1.56. The van der Waals surface area contributed by atoms with Gasteiger partial charge < -0.3 is 9.88 Å². The molecule has 0 aliphatic carbocycles. The number of para-hydroxylation sites is 1. The van der Waals surface area contributed by atoms with Crippen LogP contribution < -0.4 is 10.5 Å². The molecule has 2 aromatic heterocycles. The van der Waals surface area contributed by atoms with Crippen molar-refractivity contribution in [3.8, 4) is 0 Å². The molecule has 5 aromatic rings. The number of anilines is 1. The average Bonchev–Trinajstić information content (AvgIpc) is 3.51. The fourth-order valence-electron chi connectivity index (χ4n) is 5.15. The predicted molar refractivity (Wildman–Crippen MR) is 137 cm³/mol. The van der Waals surface area contributed by atoms with Crippen LogP contribution in [0.3, 0.4) is 0 Å². The molecule has 7 nitrogen and oxygen atoms in total. The fourth-order valence-corrected chi connectivity index (χ4v) is 5.15. The van der Waals surface area contributed by atoms with Gasteiger partial charge in [0.05, 0.1) is 12.1 Å². The van der Waals surface area contributed by atoms with Gasteiger partial charge in [0.1, 0.15) is 6.04 Å². The molecule has 1 aliphatic rings. The summed E-state index contributed by atoms with van der Waals surface area (Å²) in [7, 11) is 0. The minimum Gasteiger partial charge on any atom is -0.357 e. The SMILES string of the molecule is Cc1ccc(C)c2[nH]c(=O)c([C@H](c3nnnn3Cc3ccccc3)N3CCc4ccccc43)cc12. The summed E-state index contributed by atoms with van der Waals surface area (Å²) in [6.45, 7) is 5.40. The quantitative estimate of drug-likeness (QED) is 0.421. The molecular formula is C28H26N6O. The number of nitrogens with one attached hydrogen (secondary N) is 1. The van der Waals surface area contributed by atoms with E-state index < -0.39 is 6.04 Å². The van der Waals surface area contributed by atoms with Crippen LogP contribution in [-0.4, -0.2) is 31.7 Å². The van der Waals surface area contributed by atoms with Gasteiger partial charge in [-0.2, -0.15) is 0 Å². The van der Waals surface area contributed by atoms with Gasteiger partial charge >= 0.3 is 0 Å². The second-order valence-electron chi connectivity index (χ2n) is 9.20. The van der Waals surface area contributed by atoms with Crippen molar-refractivity contribution in [1.82, 2.24) is 25.2 Å². The standard InChI is InChI=1S/C28H26N6O/c1-18-12-13-19(2)25-22(18)16-23(28(35)29-25)26(33-15-14-21-10-6-7-11-24(21)33)27-30-31-32-34(27)17-20-8-4-3-5-9-20/h3-13,16,26H,14-15,17H2,1-2H3,(H,29,35)/t26-/m1/s1. The Morgan fingerprint density at radius 2 is 1.74 bits per heavy atom. The molecule has 1 aliphatic heterocycles. The van der Waals surface area contributed by atoms with E-state index in [0.29, 0.717) is 17.9 Å². The first-order valence-corrected chi connectivity index (χ1v) is 11.9. The molecule has 0 spiro atoms. The Morgan fingerprint density at radius 1 is 0.971 bits per heavy atom. The van der Waals surface area contributed by atoms with Crippen LogP contribution in [0.15, 0.2) is 77.6 Å². The summed E-state index contributed by atoms with van der Waals surface area (Å²) in [5.41, 5.74) is 7.06. The van der Waals surface area contributed by atoms with Crippen LogP contribution in [0.25, 0.3) is 10.9 Å². The normalized spacial score (nSPS) is 13.8. The second kappa shape index (κ2) is 8.51. The number of H-pyrrole nitrogens is 1. The minimum absolute atomic E-state index is 0.116. The van der Waals surface area contributed by atoms with Crippen LogP contribution >= 0.6 is 0 Å². The predicted octanol–water partition coefficient (Wildman–Crippen LogP) is 4.33. The molecule has 3 heterocycles. The highest BCUT2D eigenvalue weighted by atomic mass is 16.1. The number of aromatic amines is 1. The fraction of sp³-hybridized carbons (Fsp3) is 0.214. The molecule has 0 amide bonds. The number of tetrazole rings is 1. The van der Waals surface area contributed by atoms with E-state index in [-0.39, 0.29) is 5.56 Å². The highest BCUT2D eigenvalue weighted by Crippen LogP contribution is 2.37. The number of aryl methyl sites for hydroxylation is 2. The molecule has 7 heteroatoms. The first-order chi connectivity index (χ1) is 17.1. The molecule has 0 fully saturated rings. The van der Waals surface area contributed by atoms with E-state index in [1.54, 1.807) is 0 Å². The number of fused-ring (bicyclic) bond motifs is 2. The van der Waals surface area contributed by atoms with Crippen LogP contribution in [0.2, 0.25) is 0 Å². The zero-order chi connectivity index (χ0) is 23.9. The van der Waals surface area contributed by atoms with Gasteiger partial charge in [0.25, 0.3) is 5.56 Å². The molecule has 0 radical (unpaired) electrons. The Labute approximate surface area is 203 Å². The van der Waals surface area contributed by atoms with Crippen LogP contribution in [0.4, 0.5) is 5.69 Å². The van der Waals surface area contributed by atoms with Gasteiger partial charge in [-0.3, -0.25) is 4.79 Å². The summed E-state index contributed by atoms with van der Waals surface area (Å²) in [5, 5.41) is 13.9. The van der Waals surface area contributed by atoms with Crippen LogP contribution in [0.5, 0.6) is 0 Å². The topological polar surface area (TPSA) is 79.7 Å². The number of hydrogen-bond donors (Lipinski definition) is 1. The van der Waals surface area contributed by atoms with Gasteiger partial charge in [0.15, 0.2) is 5.82 Å². The van der Waals surface area contributed by atoms with Gasteiger partial charge in [-0.1, -0.05) is 60.7 Å². The number of hydrogen-bond acceptors (Lipinski definition) is 5. The summed E-state index contributed by atoms with van der Waals surface area (Å²) in [6, 6.07) is 24.2. The number of benzene rings is 3. The monoisotopic (exact) mass is 462 g/mol. The smallest absolute Gasteiger partial charge is 0.254 e. The Hall–Kier alpha value is -4.26. The third-order valence-electron chi connectivity index (χ3n) is 6.98. The zero-order valence-corrected chi connectivity index (χ0v) is 19.8. The molecule has 6 rings (SSSR count). The highest BCUT2D eigenvalue weighted by Gasteiger charge is 2.34. The largest absolute Gasteiger partial charge is 0.357 e. The van der Waals surface area contributed by atoms with Crippen molar-refractivity contribution in [3.63, 3.8) is 0 Å². The van der Waals surface area contributed by atoms with Gasteiger partial charge in [-0.05, 0) is 65.1 Å². The number of pyridine rings is 1.